The molecule has 0 unspecified atom stereocenters. The molecule has 2 aromatic carbocycles. The molecule has 2 aromatic rings. The Morgan fingerprint density at radius 1 is 1.00 bits per heavy atom. The quantitative estimate of drug-likeness (QED) is 0.808. The van der Waals surface area contributed by atoms with Crippen molar-refractivity contribution in [3.63, 3.8) is 0 Å². The number of likely N-dealkylation sites (tertiary alicyclic amines) is 1. The summed E-state index contributed by atoms with van der Waals surface area (Å²) in [5.41, 5.74) is 2.30. The SMILES string of the molecule is N#Cc1ccc(C(=O)N2C[C@H](c3ccc(F)cc3)[C@H]3[C@@H]2C2CCN3CC2)cc1. The number of carbonyl (C=O) groups is 1. The van der Waals surface area contributed by atoms with E-state index in [1.807, 2.05) is 12.1 Å². The molecule has 0 N–H and O–H groups in total. The minimum atomic E-state index is -0.228. The molecule has 4 aliphatic rings. The molecule has 1 amide bonds. The zero-order chi connectivity index (χ0) is 19.3. The number of hydrogen-bond acceptors (Lipinski definition) is 3. The van der Waals surface area contributed by atoms with Crippen LogP contribution in [0.1, 0.15) is 40.2 Å². The van der Waals surface area contributed by atoms with E-state index in [1.54, 1.807) is 24.3 Å². The number of nitriles is 1. The minimum Gasteiger partial charge on any atom is -0.333 e. The summed E-state index contributed by atoms with van der Waals surface area (Å²) in [5.74, 6) is 0.547. The Bertz CT molecular complexity index is 926. The first kappa shape index (κ1) is 17.4. The molecule has 2 bridgehead atoms. The van der Waals surface area contributed by atoms with Crippen molar-refractivity contribution in [3.8, 4) is 6.07 Å². The number of fused-ring (bicyclic) bond motifs is 2. The van der Waals surface area contributed by atoms with Crippen LogP contribution in [0.3, 0.4) is 0 Å². The van der Waals surface area contributed by atoms with Gasteiger partial charge in [0.1, 0.15) is 5.82 Å². The molecule has 4 fully saturated rings. The smallest absolute Gasteiger partial charge is 0.254 e. The van der Waals surface area contributed by atoms with Crippen molar-refractivity contribution >= 4 is 5.91 Å². The zero-order valence-corrected chi connectivity index (χ0v) is 15.6. The van der Waals surface area contributed by atoms with Crippen LogP contribution in [0.2, 0.25) is 0 Å². The topological polar surface area (TPSA) is 47.3 Å². The van der Waals surface area contributed by atoms with Crippen molar-refractivity contribution in [1.82, 2.24) is 9.80 Å². The summed E-state index contributed by atoms with van der Waals surface area (Å²) in [7, 11) is 0. The molecule has 4 nitrogen and oxygen atoms in total. The highest BCUT2D eigenvalue weighted by Gasteiger charge is 2.54. The summed E-state index contributed by atoms with van der Waals surface area (Å²) >= 11 is 0. The normalized spacial score (nSPS) is 30.7. The van der Waals surface area contributed by atoms with Gasteiger partial charge in [-0.05, 0) is 73.8 Å². The number of piperidine rings is 3. The highest BCUT2D eigenvalue weighted by Crippen LogP contribution is 2.46. The predicted octanol–water partition coefficient (Wildman–Crippen LogP) is 3.40. The maximum Gasteiger partial charge on any atom is 0.254 e. The van der Waals surface area contributed by atoms with Gasteiger partial charge >= 0.3 is 0 Å². The Morgan fingerprint density at radius 3 is 2.32 bits per heavy atom. The van der Waals surface area contributed by atoms with Crippen LogP contribution in [-0.4, -0.2) is 47.4 Å². The summed E-state index contributed by atoms with van der Waals surface area (Å²) in [5, 5.41) is 9.01. The van der Waals surface area contributed by atoms with Crippen LogP contribution in [0.4, 0.5) is 4.39 Å². The van der Waals surface area contributed by atoms with Crippen molar-refractivity contribution in [2.24, 2.45) is 5.92 Å². The van der Waals surface area contributed by atoms with Gasteiger partial charge in [-0.3, -0.25) is 9.69 Å². The third-order valence-electron chi connectivity index (χ3n) is 6.81. The molecule has 142 valence electrons. The van der Waals surface area contributed by atoms with Crippen molar-refractivity contribution in [2.45, 2.75) is 30.8 Å². The van der Waals surface area contributed by atoms with E-state index >= 15 is 0 Å². The summed E-state index contributed by atoms with van der Waals surface area (Å²) in [6.07, 6.45) is 2.27. The van der Waals surface area contributed by atoms with Crippen LogP contribution < -0.4 is 0 Å². The third kappa shape index (κ3) is 2.71. The molecule has 5 heteroatoms. The summed E-state index contributed by atoms with van der Waals surface area (Å²) in [6, 6.07) is 16.3. The second-order valence-corrected chi connectivity index (χ2v) is 8.16. The number of nitrogens with zero attached hydrogens (tertiary/aromatic N) is 3. The molecule has 0 saturated carbocycles. The highest BCUT2D eigenvalue weighted by molar-refractivity contribution is 5.95. The average Bonchev–Trinajstić information content (AvgIpc) is 3.17. The first-order chi connectivity index (χ1) is 13.7. The fraction of sp³-hybridized carbons (Fsp3) is 0.391. The molecule has 4 heterocycles. The highest BCUT2D eigenvalue weighted by atomic mass is 19.1. The third-order valence-corrected chi connectivity index (χ3v) is 6.81. The van der Waals surface area contributed by atoms with Gasteiger partial charge in [-0.25, -0.2) is 4.39 Å². The monoisotopic (exact) mass is 375 g/mol. The van der Waals surface area contributed by atoms with Gasteiger partial charge < -0.3 is 4.90 Å². The molecular formula is C23H22FN3O. The first-order valence-corrected chi connectivity index (χ1v) is 9.96. The second-order valence-electron chi connectivity index (χ2n) is 8.16. The van der Waals surface area contributed by atoms with Crippen molar-refractivity contribution < 1.29 is 9.18 Å². The number of rotatable bonds is 2. The molecule has 0 radical (unpaired) electrons. The van der Waals surface area contributed by atoms with Crippen molar-refractivity contribution in [3.05, 3.63) is 71.0 Å². The van der Waals surface area contributed by atoms with Crippen LogP contribution in [0, 0.1) is 23.1 Å². The fourth-order valence-corrected chi connectivity index (χ4v) is 5.51. The summed E-state index contributed by atoms with van der Waals surface area (Å²) in [6.45, 7) is 2.83. The molecule has 6 rings (SSSR count). The number of hydrogen-bond donors (Lipinski definition) is 0. The van der Waals surface area contributed by atoms with Gasteiger partial charge in [-0.1, -0.05) is 12.1 Å². The van der Waals surface area contributed by atoms with Crippen LogP contribution in [0.5, 0.6) is 0 Å². The number of carbonyl (C=O) groups excluding carboxylic acids is 1. The molecule has 4 saturated heterocycles. The largest absolute Gasteiger partial charge is 0.333 e. The second kappa shape index (κ2) is 6.72. The van der Waals surface area contributed by atoms with Crippen LogP contribution in [0.25, 0.3) is 0 Å². The average molecular weight is 375 g/mol. The van der Waals surface area contributed by atoms with Gasteiger partial charge in [-0.2, -0.15) is 5.26 Å². The standard InChI is InChI=1S/C23H22FN3O/c24-19-7-5-16(6-8-19)20-14-27(21-17-9-11-26(12-10-17)22(20)21)23(28)18-3-1-15(13-25)2-4-18/h1-8,17,20-22H,9-12,14H2/t20-,21+,22+/m1/s1. The summed E-state index contributed by atoms with van der Waals surface area (Å²) < 4.78 is 13.4. The van der Waals surface area contributed by atoms with E-state index in [1.165, 1.54) is 12.1 Å². The Labute approximate surface area is 164 Å². The first-order valence-electron chi connectivity index (χ1n) is 9.96. The fourth-order valence-electron chi connectivity index (χ4n) is 5.51. The molecule has 0 spiro atoms. The lowest BCUT2D eigenvalue weighted by atomic mass is 9.75. The Kier molecular flexibility index (Phi) is 4.17. The van der Waals surface area contributed by atoms with Crippen LogP contribution in [-0.2, 0) is 0 Å². The summed E-state index contributed by atoms with van der Waals surface area (Å²) in [4.78, 5) is 18.0. The van der Waals surface area contributed by atoms with E-state index in [2.05, 4.69) is 15.9 Å². The number of amides is 1. The molecule has 4 aliphatic heterocycles. The number of benzene rings is 2. The lowest BCUT2D eigenvalue weighted by Gasteiger charge is -2.51. The van der Waals surface area contributed by atoms with Gasteiger partial charge in [0.2, 0.25) is 0 Å². The lowest BCUT2D eigenvalue weighted by Crippen LogP contribution is -2.60. The molecule has 28 heavy (non-hydrogen) atoms. The van der Waals surface area contributed by atoms with E-state index in [0.29, 0.717) is 29.6 Å². The van der Waals surface area contributed by atoms with E-state index in [4.69, 9.17) is 5.26 Å². The molecule has 3 atom stereocenters. The van der Waals surface area contributed by atoms with Gasteiger partial charge in [-0.15, -0.1) is 0 Å². The number of halogens is 1. The molecule has 0 aromatic heterocycles. The maximum absolute atomic E-state index is 13.4. The van der Waals surface area contributed by atoms with Crippen LogP contribution in [0.15, 0.2) is 48.5 Å². The van der Waals surface area contributed by atoms with E-state index in [9.17, 15) is 9.18 Å². The van der Waals surface area contributed by atoms with Crippen molar-refractivity contribution in [2.75, 3.05) is 19.6 Å². The van der Waals surface area contributed by atoms with E-state index in [0.717, 1.165) is 31.5 Å². The Morgan fingerprint density at radius 2 is 1.68 bits per heavy atom. The Balaban J connectivity index is 1.50. The minimum absolute atomic E-state index is 0.0397. The van der Waals surface area contributed by atoms with Gasteiger partial charge in [0.25, 0.3) is 5.91 Å². The van der Waals surface area contributed by atoms with Gasteiger partial charge in [0.05, 0.1) is 17.7 Å². The van der Waals surface area contributed by atoms with Gasteiger partial charge in [0.15, 0.2) is 0 Å². The van der Waals surface area contributed by atoms with E-state index in [-0.39, 0.29) is 23.7 Å². The predicted molar refractivity (Wildman–Crippen MR) is 103 cm³/mol. The lowest BCUT2D eigenvalue weighted by molar-refractivity contribution is -0.00340. The van der Waals surface area contributed by atoms with Gasteiger partial charge in [0, 0.05) is 24.1 Å². The Hall–Kier alpha value is -2.71. The van der Waals surface area contributed by atoms with Crippen LogP contribution >= 0.6 is 0 Å². The molecular weight excluding hydrogens is 353 g/mol. The van der Waals surface area contributed by atoms with Crippen molar-refractivity contribution in [1.29, 1.82) is 5.26 Å². The molecule has 0 aliphatic carbocycles. The van der Waals surface area contributed by atoms with E-state index < -0.39 is 0 Å². The maximum atomic E-state index is 13.4. The zero-order valence-electron chi connectivity index (χ0n) is 15.6.